The molecule has 2 aromatic heterocycles. The number of furan rings is 1. The lowest BCUT2D eigenvalue weighted by Crippen LogP contribution is -2.37. The van der Waals surface area contributed by atoms with Crippen LogP contribution < -0.4 is 16.0 Å². The third-order valence-electron chi connectivity index (χ3n) is 2.78. The van der Waals surface area contributed by atoms with Crippen molar-refractivity contribution in [3.05, 3.63) is 46.5 Å². The van der Waals surface area contributed by atoms with Crippen LogP contribution in [0.2, 0.25) is 0 Å². The van der Waals surface area contributed by atoms with E-state index in [0.717, 1.165) is 12.3 Å². The molecule has 0 atom stereocenters. The van der Waals surface area contributed by atoms with Crippen molar-refractivity contribution in [2.24, 2.45) is 4.99 Å². The summed E-state index contributed by atoms with van der Waals surface area (Å²) in [5.74, 6) is 1.20. The molecule has 23 heavy (non-hydrogen) atoms. The summed E-state index contributed by atoms with van der Waals surface area (Å²) in [4.78, 5) is 17.3. The minimum atomic E-state index is -0.148. The van der Waals surface area contributed by atoms with Gasteiger partial charge in [-0.2, -0.15) is 0 Å². The van der Waals surface area contributed by atoms with Gasteiger partial charge in [-0.05, 0) is 30.5 Å². The summed E-state index contributed by atoms with van der Waals surface area (Å²) in [6, 6.07) is 7.67. The number of guanidine groups is 1. The number of halogens is 1. The van der Waals surface area contributed by atoms with Crippen molar-refractivity contribution in [1.82, 2.24) is 16.0 Å². The lowest BCUT2D eigenvalue weighted by Gasteiger charge is -2.10. The topological polar surface area (TPSA) is 78.7 Å². The van der Waals surface area contributed by atoms with Gasteiger partial charge >= 0.3 is 0 Å². The van der Waals surface area contributed by atoms with Gasteiger partial charge in [0, 0.05) is 11.4 Å². The Hall–Kier alpha value is -1.55. The van der Waals surface area contributed by atoms with Crippen LogP contribution in [0.25, 0.3) is 0 Å². The van der Waals surface area contributed by atoms with Crippen LogP contribution in [0.1, 0.15) is 17.6 Å². The number of hydrogen-bond donors (Lipinski definition) is 3. The number of thiophene rings is 1. The Labute approximate surface area is 156 Å². The SMILES string of the molecule is CCNC(=NCC(=O)NCc1ccco1)NCc1cccs1.I. The zero-order valence-corrected chi connectivity index (χ0v) is 16.0. The lowest BCUT2D eigenvalue weighted by molar-refractivity contribution is -0.119. The van der Waals surface area contributed by atoms with Gasteiger partial charge in [-0.1, -0.05) is 6.07 Å². The summed E-state index contributed by atoms with van der Waals surface area (Å²) in [5, 5.41) is 11.1. The number of hydrogen-bond acceptors (Lipinski definition) is 4. The molecule has 0 spiro atoms. The third-order valence-corrected chi connectivity index (χ3v) is 3.65. The van der Waals surface area contributed by atoms with E-state index in [4.69, 9.17) is 4.42 Å². The van der Waals surface area contributed by atoms with Gasteiger partial charge < -0.3 is 20.4 Å². The van der Waals surface area contributed by atoms with Crippen molar-refractivity contribution >= 4 is 47.2 Å². The molecule has 0 aliphatic carbocycles. The summed E-state index contributed by atoms with van der Waals surface area (Å²) in [6.45, 7) is 3.86. The van der Waals surface area contributed by atoms with Crippen LogP contribution in [-0.2, 0) is 17.9 Å². The summed E-state index contributed by atoms with van der Waals surface area (Å²) >= 11 is 1.68. The summed E-state index contributed by atoms with van der Waals surface area (Å²) in [7, 11) is 0. The largest absolute Gasteiger partial charge is 0.467 e. The molecule has 0 saturated carbocycles. The van der Waals surface area contributed by atoms with Crippen LogP contribution in [-0.4, -0.2) is 25.0 Å². The monoisotopic (exact) mass is 448 g/mol. The minimum absolute atomic E-state index is 0. The number of rotatable bonds is 7. The molecule has 0 unspecified atom stereocenters. The lowest BCUT2D eigenvalue weighted by atomic mass is 10.4. The average molecular weight is 448 g/mol. The molecule has 1 amide bonds. The molecule has 2 heterocycles. The van der Waals surface area contributed by atoms with Crippen molar-refractivity contribution in [2.75, 3.05) is 13.1 Å². The predicted molar refractivity (Wildman–Crippen MR) is 103 cm³/mol. The number of nitrogens with one attached hydrogen (secondary N) is 3. The second kappa shape index (κ2) is 11.1. The van der Waals surface area contributed by atoms with Gasteiger partial charge in [0.2, 0.25) is 5.91 Å². The molecule has 2 aromatic rings. The van der Waals surface area contributed by atoms with Crippen molar-refractivity contribution in [3.63, 3.8) is 0 Å². The van der Waals surface area contributed by atoms with Crippen LogP contribution in [0.5, 0.6) is 0 Å². The number of aliphatic imine (C=N–C) groups is 1. The summed E-state index contributed by atoms with van der Waals surface area (Å²) in [5.41, 5.74) is 0. The number of carbonyl (C=O) groups excluding carboxylic acids is 1. The number of carbonyl (C=O) groups is 1. The summed E-state index contributed by atoms with van der Waals surface area (Å²) < 4.78 is 5.15. The van der Waals surface area contributed by atoms with Crippen molar-refractivity contribution < 1.29 is 9.21 Å². The Morgan fingerprint density at radius 3 is 2.74 bits per heavy atom. The smallest absolute Gasteiger partial charge is 0.242 e. The maximum Gasteiger partial charge on any atom is 0.242 e. The highest BCUT2D eigenvalue weighted by Crippen LogP contribution is 2.07. The Balaban J connectivity index is 0.00000264. The molecule has 6 nitrogen and oxygen atoms in total. The highest BCUT2D eigenvalue weighted by molar-refractivity contribution is 14.0. The Kier molecular flexibility index (Phi) is 9.37. The maximum absolute atomic E-state index is 11.8. The van der Waals surface area contributed by atoms with E-state index >= 15 is 0 Å². The fraction of sp³-hybridized carbons (Fsp3) is 0.333. The first-order valence-corrected chi connectivity index (χ1v) is 7.99. The summed E-state index contributed by atoms with van der Waals surface area (Å²) in [6.07, 6.45) is 1.58. The zero-order valence-electron chi connectivity index (χ0n) is 12.9. The molecule has 8 heteroatoms. The molecule has 0 aromatic carbocycles. The van der Waals surface area contributed by atoms with Crippen LogP contribution in [0.3, 0.4) is 0 Å². The molecule has 0 radical (unpaired) electrons. The molecular weight excluding hydrogens is 427 g/mol. The zero-order chi connectivity index (χ0) is 15.6. The van der Waals surface area contributed by atoms with Gasteiger partial charge in [0.1, 0.15) is 12.3 Å². The molecule has 0 saturated heterocycles. The van der Waals surface area contributed by atoms with Gasteiger partial charge in [0.25, 0.3) is 0 Å². The van der Waals surface area contributed by atoms with E-state index in [9.17, 15) is 4.79 Å². The maximum atomic E-state index is 11.8. The van der Waals surface area contributed by atoms with Gasteiger partial charge in [-0.15, -0.1) is 35.3 Å². The minimum Gasteiger partial charge on any atom is -0.467 e. The molecule has 0 bridgehead atoms. The Morgan fingerprint density at radius 2 is 2.09 bits per heavy atom. The van der Waals surface area contributed by atoms with Gasteiger partial charge in [0.15, 0.2) is 5.96 Å². The van der Waals surface area contributed by atoms with E-state index in [2.05, 4.69) is 27.0 Å². The van der Waals surface area contributed by atoms with Crippen LogP contribution >= 0.6 is 35.3 Å². The fourth-order valence-electron chi connectivity index (χ4n) is 1.73. The highest BCUT2D eigenvalue weighted by atomic mass is 127. The second-order valence-corrected chi connectivity index (χ2v) is 5.52. The second-order valence-electron chi connectivity index (χ2n) is 4.48. The molecule has 126 valence electrons. The van der Waals surface area contributed by atoms with E-state index in [1.807, 2.05) is 24.4 Å². The normalized spacial score (nSPS) is 10.7. The highest BCUT2D eigenvalue weighted by Gasteiger charge is 2.04. The first kappa shape index (κ1) is 19.5. The van der Waals surface area contributed by atoms with Crippen LogP contribution in [0.4, 0.5) is 0 Å². The van der Waals surface area contributed by atoms with E-state index in [-0.39, 0.29) is 36.4 Å². The molecule has 3 N–H and O–H groups in total. The molecule has 2 rings (SSSR count). The van der Waals surface area contributed by atoms with Crippen molar-refractivity contribution in [2.45, 2.75) is 20.0 Å². The van der Waals surface area contributed by atoms with Gasteiger partial charge in [0.05, 0.1) is 19.4 Å². The standard InChI is InChI=1S/C15H20N4O2S.HI/c1-2-16-15(18-10-13-6-4-8-22-13)19-11-14(20)17-9-12-5-3-7-21-12;/h3-8H,2,9-11H2,1H3,(H,17,20)(H2,16,18,19);1H. The van der Waals surface area contributed by atoms with E-state index in [1.54, 1.807) is 23.7 Å². The van der Waals surface area contributed by atoms with E-state index in [1.165, 1.54) is 4.88 Å². The Morgan fingerprint density at radius 1 is 1.22 bits per heavy atom. The number of amides is 1. The molecule has 0 aliphatic rings. The molecule has 0 fully saturated rings. The van der Waals surface area contributed by atoms with Crippen LogP contribution in [0.15, 0.2) is 45.3 Å². The van der Waals surface area contributed by atoms with Gasteiger partial charge in [-0.25, -0.2) is 4.99 Å². The third kappa shape index (κ3) is 7.51. The number of nitrogens with zero attached hydrogens (tertiary/aromatic N) is 1. The first-order valence-electron chi connectivity index (χ1n) is 7.11. The van der Waals surface area contributed by atoms with E-state index in [0.29, 0.717) is 19.0 Å². The van der Waals surface area contributed by atoms with Crippen molar-refractivity contribution in [3.8, 4) is 0 Å². The molecule has 0 aliphatic heterocycles. The van der Waals surface area contributed by atoms with Gasteiger partial charge in [-0.3, -0.25) is 4.79 Å². The first-order chi connectivity index (χ1) is 10.8. The van der Waals surface area contributed by atoms with Crippen LogP contribution in [0, 0.1) is 0 Å². The fourth-order valence-corrected chi connectivity index (χ4v) is 2.38. The van der Waals surface area contributed by atoms with E-state index < -0.39 is 0 Å². The van der Waals surface area contributed by atoms with Crippen molar-refractivity contribution in [1.29, 1.82) is 0 Å². The Bertz CT molecular complexity index is 585. The predicted octanol–water partition coefficient (Wildman–Crippen LogP) is 2.33. The average Bonchev–Trinajstić information content (AvgIpc) is 3.21. The molecular formula is C15H21IN4O2S. The quantitative estimate of drug-likeness (QED) is 0.345.